The number of amides is 2. The van der Waals surface area contributed by atoms with E-state index < -0.39 is 5.91 Å². The summed E-state index contributed by atoms with van der Waals surface area (Å²) >= 11 is 6.08. The van der Waals surface area contributed by atoms with Crippen molar-refractivity contribution in [2.24, 2.45) is 0 Å². The van der Waals surface area contributed by atoms with Gasteiger partial charge in [0.15, 0.2) is 5.76 Å². The highest BCUT2D eigenvalue weighted by molar-refractivity contribution is 6.31. The second kappa shape index (κ2) is 9.11. The Morgan fingerprint density at radius 2 is 1.72 bits per heavy atom. The van der Waals surface area contributed by atoms with Crippen LogP contribution in [0.25, 0.3) is 0 Å². The van der Waals surface area contributed by atoms with Crippen LogP contribution in [0.3, 0.4) is 0 Å². The molecule has 2 aromatic heterocycles. The van der Waals surface area contributed by atoms with Crippen LogP contribution in [-0.4, -0.2) is 21.6 Å². The second-order valence-corrected chi connectivity index (χ2v) is 7.79. The number of carbonyl (C=O) groups excluding carboxylic acids is 2. The minimum atomic E-state index is -0.443. The number of rotatable bonds is 6. The summed E-state index contributed by atoms with van der Waals surface area (Å²) in [6.07, 6.45) is 1.41. The molecule has 2 heterocycles. The van der Waals surface area contributed by atoms with E-state index in [0.29, 0.717) is 28.5 Å². The first kappa shape index (κ1) is 21.4. The van der Waals surface area contributed by atoms with Crippen molar-refractivity contribution >= 4 is 34.8 Å². The maximum absolute atomic E-state index is 12.8. The number of benzene rings is 2. The molecule has 0 saturated carbocycles. The largest absolute Gasteiger partial charge is 0.459 e. The average Bonchev–Trinajstić information content (AvgIpc) is 3.40. The Kier molecular flexibility index (Phi) is 6.09. The van der Waals surface area contributed by atoms with E-state index in [-0.39, 0.29) is 11.7 Å². The van der Waals surface area contributed by atoms with Crippen molar-refractivity contribution in [1.82, 2.24) is 9.78 Å². The molecule has 8 heteroatoms. The van der Waals surface area contributed by atoms with E-state index in [4.69, 9.17) is 16.0 Å². The van der Waals surface area contributed by atoms with Crippen molar-refractivity contribution in [1.29, 1.82) is 0 Å². The van der Waals surface area contributed by atoms with Crippen LogP contribution in [0.5, 0.6) is 0 Å². The maximum Gasteiger partial charge on any atom is 0.291 e. The molecular formula is C24H21ClN4O3. The van der Waals surface area contributed by atoms with Gasteiger partial charge in [-0.05, 0) is 67.9 Å². The number of halogens is 1. The third-order valence-electron chi connectivity index (χ3n) is 4.87. The minimum absolute atomic E-state index is 0.153. The van der Waals surface area contributed by atoms with E-state index in [1.165, 1.54) is 6.26 Å². The van der Waals surface area contributed by atoms with Gasteiger partial charge in [0.25, 0.3) is 11.8 Å². The van der Waals surface area contributed by atoms with Crippen LogP contribution in [0.4, 0.5) is 11.4 Å². The molecule has 162 valence electrons. The Hall–Kier alpha value is -3.84. The Morgan fingerprint density at radius 3 is 2.38 bits per heavy atom. The number of hydrogen-bond acceptors (Lipinski definition) is 4. The fourth-order valence-corrected chi connectivity index (χ4v) is 3.46. The van der Waals surface area contributed by atoms with Gasteiger partial charge in [-0.1, -0.05) is 23.7 Å². The fourth-order valence-electron chi connectivity index (χ4n) is 3.28. The van der Waals surface area contributed by atoms with E-state index >= 15 is 0 Å². The van der Waals surface area contributed by atoms with Crippen LogP contribution in [0.15, 0.2) is 71.3 Å². The maximum atomic E-state index is 12.8. The standard InChI is InChI=1S/C24H21ClN4O3/c1-15-12-16(2)29(28-15)14-17-5-7-18(8-6-17)23(30)26-20-10-9-19(25)13-21(20)27-24(31)22-4-3-11-32-22/h3-13H,14H2,1-2H3,(H,26,30)(H,27,31). The first-order valence-electron chi connectivity index (χ1n) is 9.95. The van der Waals surface area contributed by atoms with Gasteiger partial charge in [-0.3, -0.25) is 14.3 Å². The number of nitrogens with zero attached hydrogens (tertiary/aromatic N) is 2. The number of furan rings is 1. The van der Waals surface area contributed by atoms with Crippen LogP contribution in [0.1, 0.15) is 37.9 Å². The molecule has 7 nitrogen and oxygen atoms in total. The molecule has 0 bridgehead atoms. The fraction of sp³-hybridized carbons (Fsp3) is 0.125. The van der Waals surface area contributed by atoms with Gasteiger partial charge in [-0.15, -0.1) is 0 Å². The minimum Gasteiger partial charge on any atom is -0.459 e. The molecule has 4 aromatic rings. The predicted molar refractivity (Wildman–Crippen MR) is 123 cm³/mol. The zero-order chi connectivity index (χ0) is 22.7. The van der Waals surface area contributed by atoms with Crippen molar-refractivity contribution in [2.75, 3.05) is 10.6 Å². The summed E-state index contributed by atoms with van der Waals surface area (Å²) in [6, 6.07) is 17.3. The van der Waals surface area contributed by atoms with Gasteiger partial charge in [0.2, 0.25) is 0 Å². The average molecular weight is 449 g/mol. The smallest absolute Gasteiger partial charge is 0.291 e. The summed E-state index contributed by atoms with van der Waals surface area (Å²) < 4.78 is 7.03. The molecule has 0 aliphatic heterocycles. The molecule has 0 atom stereocenters. The van der Waals surface area contributed by atoms with Crippen LogP contribution in [0, 0.1) is 13.8 Å². The van der Waals surface area contributed by atoms with Crippen molar-refractivity contribution < 1.29 is 14.0 Å². The molecule has 0 aliphatic carbocycles. The van der Waals surface area contributed by atoms with Gasteiger partial charge in [-0.25, -0.2) is 0 Å². The van der Waals surface area contributed by atoms with Gasteiger partial charge in [0.05, 0.1) is 29.9 Å². The Balaban J connectivity index is 1.47. The Labute approximate surface area is 190 Å². The van der Waals surface area contributed by atoms with Gasteiger partial charge in [-0.2, -0.15) is 5.10 Å². The van der Waals surface area contributed by atoms with E-state index in [0.717, 1.165) is 17.0 Å². The van der Waals surface area contributed by atoms with E-state index in [9.17, 15) is 9.59 Å². The lowest BCUT2D eigenvalue weighted by atomic mass is 10.1. The molecule has 0 spiro atoms. The van der Waals surface area contributed by atoms with Crippen molar-refractivity contribution in [2.45, 2.75) is 20.4 Å². The molecule has 2 amide bonds. The lowest BCUT2D eigenvalue weighted by Crippen LogP contribution is -2.16. The Morgan fingerprint density at radius 1 is 0.969 bits per heavy atom. The first-order valence-corrected chi connectivity index (χ1v) is 10.3. The summed E-state index contributed by atoms with van der Waals surface area (Å²) in [4.78, 5) is 25.1. The van der Waals surface area contributed by atoms with Crippen molar-refractivity contribution in [3.63, 3.8) is 0 Å². The van der Waals surface area contributed by atoms with E-state index in [2.05, 4.69) is 15.7 Å². The molecule has 2 N–H and O–H groups in total. The van der Waals surface area contributed by atoms with Crippen LogP contribution in [0.2, 0.25) is 5.02 Å². The summed E-state index contributed by atoms with van der Waals surface area (Å²) in [7, 11) is 0. The predicted octanol–water partition coefficient (Wildman–Crippen LogP) is 5.30. The molecule has 4 rings (SSSR count). The van der Waals surface area contributed by atoms with Crippen LogP contribution >= 0.6 is 11.6 Å². The summed E-state index contributed by atoms with van der Waals surface area (Å²) in [5.74, 6) is -0.597. The zero-order valence-electron chi connectivity index (χ0n) is 17.6. The lowest BCUT2D eigenvalue weighted by Gasteiger charge is -2.13. The van der Waals surface area contributed by atoms with Crippen LogP contribution in [-0.2, 0) is 6.54 Å². The summed E-state index contributed by atoms with van der Waals surface area (Å²) in [6.45, 7) is 4.59. The number of aromatic nitrogens is 2. The molecule has 2 aromatic carbocycles. The molecule has 0 aliphatic rings. The Bertz CT molecular complexity index is 1260. The summed E-state index contributed by atoms with van der Waals surface area (Å²) in [5, 5.41) is 10.4. The monoisotopic (exact) mass is 448 g/mol. The highest BCUT2D eigenvalue weighted by Gasteiger charge is 2.15. The quantitative estimate of drug-likeness (QED) is 0.419. The number of nitrogens with one attached hydrogen (secondary N) is 2. The van der Waals surface area contributed by atoms with E-state index in [1.54, 1.807) is 42.5 Å². The van der Waals surface area contributed by atoms with Gasteiger partial charge in [0, 0.05) is 16.3 Å². The highest BCUT2D eigenvalue weighted by Crippen LogP contribution is 2.27. The third-order valence-corrected chi connectivity index (χ3v) is 5.11. The van der Waals surface area contributed by atoms with E-state index in [1.807, 2.05) is 36.7 Å². The SMILES string of the molecule is Cc1cc(C)n(Cc2ccc(C(=O)Nc3ccc(Cl)cc3NC(=O)c3ccco3)cc2)n1. The van der Waals surface area contributed by atoms with Crippen molar-refractivity contribution in [3.8, 4) is 0 Å². The van der Waals surface area contributed by atoms with Gasteiger partial charge >= 0.3 is 0 Å². The number of anilines is 2. The lowest BCUT2D eigenvalue weighted by molar-refractivity contribution is 0.0993. The highest BCUT2D eigenvalue weighted by atomic mass is 35.5. The molecule has 0 radical (unpaired) electrons. The topological polar surface area (TPSA) is 89.2 Å². The first-order chi connectivity index (χ1) is 15.4. The molecule has 0 unspecified atom stereocenters. The zero-order valence-corrected chi connectivity index (χ0v) is 18.3. The third kappa shape index (κ3) is 4.90. The number of aryl methyl sites for hydroxylation is 2. The van der Waals surface area contributed by atoms with Crippen LogP contribution < -0.4 is 10.6 Å². The van der Waals surface area contributed by atoms with Gasteiger partial charge in [0.1, 0.15) is 0 Å². The number of hydrogen-bond donors (Lipinski definition) is 2. The molecule has 32 heavy (non-hydrogen) atoms. The molecular weight excluding hydrogens is 428 g/mol. The van der Waals surface area contributed by atoms with Crippen molar-refractivity contribution in [3.05, 3.63) is 100 Å². The summed E-state index contributed by atoms with van der Waals surface area (Å²) in [5.41, 5.74) is 4.36. The molecule has 0 saturated heterocycles. The normalized spacial score (nSPS) is 10.7. The number of carbonyl (C=O) groups is 2. The molecule has 0 fully saturated rings. The second-order valence-electron chi connectivity index (χ2n) is 7.36. The van der Waals surface area contributed by atoms with Gasteiger partial charge < -0.3 is 15.1 Å².